The van der Waals surface area contributed by atoms with Gasteiger partial charge in [-0.1, -0.05) is 0 Å². The summed E-state index contributed by atoms with van der Waals surface area (Å²) >= 11 is 1.42. The zero-order valence-corrected chi connectivity index (χ0v) is 12.3. The molecule has 6 heteroatoms. The van der Waals surface area contributed by atoms with E-state index in [4.69, 9.17) is 4.74 Å². The lowest BCUT2D eigenvalue weighted by Gasteiger charge is -2.18. The predicted molar refractivity (Wildman–Crippen MR) is 74.3 cm³/mol. The minimum atomic E-state index is -0.381. The fourth-order valence-electron chi connectivity index (χ4n) is 1.51. The molecule has 0 fully saturated rings. The second kappa shape index (κ2) is 5.13. The van der Waals surface area contributed by atoms with Gasteiger partial charge >= 0.3 is 5.97 Å². The van der Waals surface area contributed by atoms with Gasteiger partial charge in [0.25, 0.3) is 0 Å². The highest BCUT2D eigenvalue weighted by atomic mass is 32.1. The Morgan fingerprint density at radius 2 is 2.21 bits per heavy atom. The van der Waals surface area contributed by atoms with Crippen LogP contribution in [0.5, 0.6) is 0 Å². The summed E-state index contributed by atoms with van der Waals surface area (Å²) in [5.41, 5.74) is 1.19. The van der Waals surface area contributed by atoms with Crippen LogP contribution in [0.4, 0.5) is 0 Å². The van der Waals surface area contributed by atoms with E-state index < -0.39 is 0 Å². The number of aromatic nitrogens is 3. The lowest BCUT2D eigenvalue weighted by Crippen LogP contribution is -2.21. The van der Waals surface area contributed by atoms with Crippen molar-refractivity contribution in [1.82, 2.24) is 14.8 Å². The van der Waals surface area contributed by atoms with E-state index in [0.29, 0.717) is 12.3 Å². The van der Waals surface area contributed by atoms with Gasteiger partial charge in [-0.15, -0.1) is 11.3 Å². The van der Waals surface area contributed by atoms with Gasteiger partial charge in [0.1, 0.15) is 5.01 Å². The van der Waals surface area contributed by atoms with Crippen LogP contribution in [0.3, 0.4) is 0 Å². The zero-order valence-electron chi connectivity index (χ0n) is 11.5. The summed E-state index contributed by atoms with van der Waals surface area (Å²) in [4.78, 5) is 15.8. The van der Waals surface area contributed by atoms with Gasteiger partial charge < -0.3 is 4.74 Å². The molecular formula is C13H17N3O2S. The number of carbonyl (C=O) groups is 1. The molecule has 0 aliphatic carbocycles. The van der Waals surface area contributed by atoms with Crippen LogP contribution in [-0.2, 0) is 10.3 Å². The predicted octanol–water partition coefficient (Wildman–Crippen LogP) is 2.94. The van der Waals surface area contributed by atoms with E-state index >= 15 is 0 Å². The summed E-state index contributed by atoms with van der Waals surface area (Å²) in [7, 11) is 0. The topological polar surface area (TPSA) is 57.0 Å². The first-order chi connectivity index (χ1) is 8.91. The average molecular weight is 279 g/mol. The Kier molecular flexibility index (Phi) is 3.71. The molecule has 2 aromatic rings. The molecule has 0 radical (unpaired) electrons. The number of carbonyl (C=O) groups excluding carboxylic acids is 1. The van der Waals surface area contributed by atoms with Gasteiger partial charge in [0, 0.05) is 17.1 Å². The summed E-state index contributed by atoms with van der Waals surface area (Å²) in [6.07, 6.45) is 3.70. The Morgan fingerprint density at radius 1 is 1.47 bits per heavy atom. The molecule has 0 aliphatic heterocycles. The third-order valence-corrected chi connectivity index (χ3v) is 3.40. The minimum absolute atomic E-state index is 0.0700. The number of ether oxygens (including phenoxy) is 1. The van der Waals surface area contributed by atoms with E-state index in [1.807, 2.05) is 10.9 Å². The monoisotopic (exact) mass is 279 g/mol. The number of esters is 1. The van der Waals surface area contributed by atoms with Gasteiger partial charge in [-0.3, -0.25) is 4.68 Å². The standard InChI is InChI=1S/C13H17N3O2S/c1-5-18-12(17)10-8-19-11(15-10)9-6-14-16(7-9)13(2,3)4/h6-8H,5H2,1-4H3. The average Bonchev–Trinajstić information content (AvgIpc) is 2.97. The van der Waals surface area contributed by atoms with Crippen molar-refractivity contribution in [2.75, 3.05) is 6.61 Å². The summed E-state index contributed by atoms with van der Waals surface area (Å²) in [6, 6.07) is 0. The van der Waals surface area contributed by atoms with Gasteiger partial charge in [-0.2, -0.15) is 5.10 Å². The molecule has 0 spiro atoms. The highest BCUT2D eigenvalue weighted by molar-refractivity contribution is 7.13. The highest BCUT2D eigenvalue weighted by Crippen LogP contribution is 2.25. The van der Waals surface area contributed by atoms with E-state index in [1.165, 1.54) is 11.3 Å². The number of thiazole rings is 1. The molecule has 102 valence electrons. The van der Waals surface area contributed by atoms with Crippen molar-refractivity contribution < 1.29 is 9.53 Å². The fraction of sp³-hybridized carbons (Fsp3) is 0.462. The van der Waals surface area contributed by atoms with Crippen molar-refractivity contribution in [2.24, 2.45) is 0 Å². The molecule has 0 amide bonds. The molecule has 0 saturated carbocycles. The smallest absolute Gasteiger partial charge is 0.357 e. The van der Waals surface area contributed by atoms with Crippen molar-refractivity contribution in [1.29, 1.82) is 0 Å². The van der Waals surface area contributed by atoms with Crippen LogP contribution in [0, 0.1) is 0 Å². The molecule has 5 nitrogen and oxygen atoms in total. The molecule has 2 aromatic heterocycles. The maximum Gasteiger partial charge on any atom is 0.357 e. The number of rotatable bonds is 3. The van der Waals surface area contributed by atoms with Gasteiger partial charge in [-0.25, -0.2) is 9.78 Å². The van der Waals surface area contributed by atoms with Crippen LogP contribution in [0.1, 0.15) is 38.2 Å². The summed E-state index contributed by atoms with van der Waals surface area (Å²) in [5, 5.41) is 6.81. The van der Waals surface area contributed by atoms with E-state index in [0.717, 1.165) is 10.6 Å². The van der Waals surface area contributed by atoms with Crippen molar-refractivity contribution in [3.63, 3.8) is 0 Å². The summed E-state index contributed by atoms with van der Waals surface area (Å²) in [6.45, 7) is 8.37. The molecule has 0 unspecified atom stereocenters. The number of nitrogens with zero attached hydrogens (tertiary/aromatic N) is 3. The highest BCUT2D eigenvalue weighted by Gasteiger charge is 2.17. The van der Waals surface area contributed by atoms with Crippen molar-refractivity contribution in [3.05, 3.63) is 23.5 Å². The van der Waals surface area contributed by atoms with Crippen LogP contribution >= 0.6 is 11.3 Å². The molecule has 0 saturated heterocycles. The van der Waals surface area contributed by atoms with Gasteiger partial charge in [0.05, 0.1) is 18.3 Å². The third-order valence-electron chi connectivity index (χ3n) is 2.51. The Bertz CT molecular complexity index is 581. The Balaban J connectivity index is 2.23. The molecule has 0 aliphatic rings. The molecule has 0 bridgehead atoms. The third kappa shape index (κ3) is 3.01. The first kappa shape index (κ1) is 13.7. The van der Waals surface area contributed by atoms with E-state index in [-0.39, 0.29) is 11.5 Å². The molecule has 2 heterocycles. The fourth-order valence-corrected chi connectivity index (χ4v) is 2.27. The van der Waals surface area contributed by atoms with Crippen LogP contribution in [0.15, 0.2) is 17.8 Å². The first-order valence-corrected chi connectivity index (χ1v) is 6.98. The zero-order chi connectivity index (χ0) is 14.0. The van der Waals surface area contributed by atoms with Crippen molar-refractivity contribution in [2.45, 2.75) is 33.2 Å². The molecule has 0 N–H and O–H groups in total. The maximum atomic E-state index is 11.6. The SMILES string of the molecule is CCOC(=O)c1csc(-c2cnn(C(C)(C)C)c2)n1. The number of hydrogen-bond acceptors (Lipinski definition) is 5. The molecule has 19 heavy (non-hydrogen) atoms. The van der Waals surface area contributed by atoms with E-state index in [2.05, 4.69) is 30.9 Å². The van der Waals surface area contributed by atoms with E-state index in [9.17, 15) is 4.79 Å². The second-order valence-corrected chi connectivity index (χ2v) is 5.96. The van der Waals surface area contributed by atoms with Crippen LogP contribution in [0.2, 0.25) is 0 Å². The Hall–Kier alpha value is -1.69. The molecule has 0 aromatic carbocycles. The Labute approximate surface area is 116 Å². The van der Waals surface area contributed by atoms with Crippen LogP contribution in [0.25, 0.3) is 10.6 Å². The minimum Gasteiger partial charge on any atom is -0.461 e. The normalized spacial score (nSPS) is 11.6. The number of hydrogen-bond donors (Lipinski definition) is 0. The van der Waals surface area contributed by atoms with Crippen molar-refractivity contribution in [3.8, 4) is 10.6 Å². The largest absolute Gasteiger partial charge is 0.461 e. The second-order valence-electron chi connectivity index (χ2n) is 5.10. The quantitative estimate of drug-likeness (QED) is 0.811. The lowest BCUT2D eigenvalue weighted by molar-refractivity contribution is 0.0520. The lowest BCUT2D eigenvalue weighted by atomic mass is 10.1. The Morgan fingerprint density at radius 3 is 2.79 bits per heavy atom. The van der Waals surface area contributed by atoms with Crippen LogP contribution < -0.4 is 0 Å². The molecular weight excluding hydrogens is 262 g/mol. The summed E-state index contributed by atoms with van der Waals surface area (Å²) < 4.78 is 6.80. The first-order valence-electron chi connectivity index (χ1n) is 6.10. The molecule has 2 rings (SSSR count). The maximum absolute atomic E-state index is 11.6. The van der Waals surface area contributed by atoms with Gasteiger partial charge in [0.15, 0.2) is 5.69 Å². The summed E-state index contributed by atoms with van der Waals surface area (Å²) in [5.74, 6) is -0.381. The van der Waals surface area contributed by atoms with Crippen molar-refractivity contribution >= 4 is 17.3 Å². The van der Waals surface area contributed by atoms with Gasteiger partial charge in [0.2, 0.25) is 0 Å². The van der Waals surface area contributed by atoms with Crippen LogP contribution in [-0.4, -0.2) is 27.3 Å². The van der Waals surface area contributed by atoms with E-state index in [1.54, 1.807) is 18.5 Å². The molecule has 0 atom stereocenters. The van der Waals surface area contributed by atoms with Gasteiger partial charge in [-0.05, 0) is 27.7 Å².